The minimum absolute atomic E-state index is 0.0511. The molecule has 6 heteroatoms. The Morgan fingerprint density at radius 3 is 3.18 bits per heavy atom. The summed E-state index contributed by atoms with van der Waals surface area (Å²) in [5.74, 6) is 0.848. The fourth-order valence-electron chi connectivity index (χ4n) is 3.63. The normalized spacial score (nSPS) is 28.9. The largest absolute Gasteiger partial charge is 0.378 e. The quantitative estimate of drug-likeness (QED) is 0.871. The van der Waals surface area contributed by atoms with Crippen molar-refractivity contribution in [2.75, 3.05) is 13.2 Å². The van der Waals surface area contributed by atoms with Crippen molar-refractivity contribution in [3.05, 3.63) is 18.5 Å². The van der Waals surface area contributed by atoms with E-state index in [1.54, 1.807) is 6.20 Å². The van der Waals surface area contributed by atoms with E-state index in [-0.39, 0.29) is 12.1 Å². The van der Waals surface area contributed by atoms with Gasteiger partial charge in [-0.2, -0.15) is 5.10 Å². The molecule has 0 aromatic carbocycles. The highest BCUT2D eigenvalue weighted by Gasteiger charge is 2.38. The van der Waals surface area contributed by atoms with Crippen LogP contribution in [0.1, 0.15) is 32.6 Å². The molecule has 6 nitrogen and oxygen atoms in total. The van der Waals surface area contributed by atoms with Crippen molar-refractivity contribution in [2.24, 2.45) is 11.8 Å². The van der Waals surface area contributed by atoms with E-state index in [1.165, 1.54) is 0 Å². The molecular weight excluding hydrogens is 280 g/mol. The van der Waals surface area contributed by atoms with Crippen molar-refractivity contribution in [1.29, 1.82) is 0 Å². The molecule has 0 spiro atoms. The predicted molar refractivity (Wildman–Crippen MR) is 83.4 cm³/mol. The summed E-state index contributed by atoms with van der Waals surface area (Å²) < 4.78 is 7.64. The zero-order chi connectivity index (χ0) is 15.4. The Morgan fingerprint density at radius 2 is 2.36 bits per heavy atom. The highest BCUT2D eigenvalue weighted by atomic mass is 16.5. The van der Waals surface area contributed by atoms with Gasteiger partial charge < -0.3 is 15.4 Å². The molecule has 1 aromatic heterocycles. The number of rotatable bonds is 5. The van der Waals surface area contributed by atoms with E-state index in [0.29, 0.717) is 24.5 Å². The van der Waals surface area contributed by atoms with Crippen molar-refractivity contribution >= 4 is 6.03 Å². The number of ether oxygens (including phenoxy) is 1. The molecule has 2 N–H and O–H groups in total. The van der Waals surface area contributed by atoms with Gasteiger partial charge in [-0.3, -0.25) is 4.68 Å². The molecule has 3 rings (SSSR count). The fourth-order valence-corrected chi connectivity index (χ4v) is 3.63. The van der Waals surface area contributed by atoms with Crippen molar-refractivity contribution in [1.82, 2.24) is 20.4 Å². The molecule has 2 heterocycles. The van der Waals surface area contributed by atoms with E-state index in [2.05, 4.69) is 22.7 Å². The van der Waals surface area contributed by atoms with Gasteiger partial charge in [-0.15, -0.1) is 0 Å². The number of aromatic nitrogens is 2. The molecule has 1 aliphatic heterocycles. The van der Waals surface area contributed by atoms with Crippen LogP contribution in [0.3, 0.4) is 0 Å². The average molecular weight is 306 g/mol. The molecular formula is C16H26N4O2. The Bertz CT molecular complexity index is 477. The Morgan fingerprint density at radius 1 is 1.45 bits per heavy atom. The molecule has 2 amide bonds. The lowest BCUT2D eigenvalue weighted by atomic mass is 9.82. The number of carbonyl (C=O) groups excluding carboxylic acids is 1. The van der Waals surface area contributed by atoms with Crippen LogP contribution >= 0.6 is 0 Å². The molecule has 1 saturated heterocycles. The van der Waals surface area contributed by atoms with Crippen LogP contribution in [0.2, 0.25) is 0 Å². The molecule has 1 saturated carbocycles. The number of fused-ring (bicyclic) bond motifs is 1. The van der Waals surface area contributed by atoms with Gasteiger partial charge in [0.2, 0.25) is 0 Å². The number of amides is 2. The van der Waals surface area contributed by atoms with Crippen LogP contribution in [0, 0.1) is 11.8 Å². The van der Waals surface area contributed by atoms with E-state index in [1.807, 2.05) is 16.9 Å². The summed E-state index contributed by atoms with van der Waals surface area (Å²) >= 11 is 0. The topological polar surface area (TPSA) is 68.2 Å². The van der Waals surface area contributed by atoms with Crippen molar-refractivity contribution in [2.45, 2.75) is 51.3 Å². The maximum atomic E-state index is 12.1. The van der Waals surface area contributed by atoms with Crippen LogP contribution in [-0.2, 0) is 11.3 Å². The fraction of sp³-hybridized carbons (Fsp3) is 0.750. The van der Waals surface area contributed by atoms with Crippen LogP contribution in [0.4, 0.5) is 4.79 Å². The third kappa shape index (κ3) is 3.80. The van der Waals surface area contributed by atoms with Gasteiger partial charge >= 0.3 is 6.03 Å². The second kappa shape index (κ2) is 7.13. The molecule has 0 bridgehead atoms. The first kappa shape index (κ1) is 15.3. The Kier molecular flexibility index (Phi) is 4.97. The van der Waals surface area contributed by atoms with E-state index >= 15 is 0 Å². The smallest absolute Gasteiger partial charge is 0.315 e. The molecule has 1 aliphatic carbocycles. The summed E-state index contributed by atoms with van der Waals surface area (Å²) in [5, 5.41) is 10.3. The van der Waals surface area contributed by atoms with Gasteiger partial charge in [-0.1, -0.05) is 6.92 Å². The van der Waals surface area contributed by atoms with Crippen LogP contribution in [0.25, 0.3) is 0 Å². The minimum Gasteiger partial charge on any atom is -0.378 e. The Hall–Kier alpha value is -1.56. The summed E-state index contributed by atoms with van der Waals surface area (Å²) in [7, 11) is 0. The summed E-state index contributed by atoms with van der Waals surface area (Å²) in [6.07, 6.45) is 8.51. The number of urea groups is 1. The van der Waals surface area contributed by atoms with Crippen molar-refractivity contribution in [3.63, 3.8) is 0 Å². The molecule has 1 aromatic rings. The van der Waals surface area contributed by atoms with Gasteiger partial charge in [0.25, 0.3) is 0 Å². The van der Waals surface area contributed by atoms with Crippen LogP contribution in [0.15, 0.2) is 18.5 Å². The summed E-state index contributed by atoms with van der Waals surface area (Å²) in [4.78, 5) is 12.1. The lowest BCUT2D eigenvalue weighted by Gasteiger charge is -2.33. The third-order valence-corrected chi connectivity index (χ3v) is 4.77. The van der Waals surface area contributed by atoms with Crippen LogP contribution in [0.5, 0.6) is 0 Å². The molecule has 4 atom stereocenters. The minimum atomic E-state index is -0.0511. The zero-order valence-electron chi connectivity index (χ0n) is 13.2. The second-order valence-corrected chi connectivity index (χ2v) is 6.59. The maximum absolute atomic E-state index is 12.1. The van der Waals surface area contributed by atoms with Gasteiger partial charge in [0, 0.05) is 44.0 Å². The second-order valence-electron chi connectivity index (χ2n) is 6.59. The van der Waals surface area contributed by atoms with E-state index in [4.69, 9.17) is 4.74 Å². The summed E-state index contributed by atoms with van der Waals surface area (Å²) in [5.41, 5.74) is 0. The van der Waals surface area contributed by atoms with E-state index < -0.39 is 0 Å². The van der Waals surface area contributed by atoms with Crippen LogP contribution in [-0.4, -0.2) is 41.1 Å². The van der Waals surface area contributed by atoms with Gasteiger partial charge in [-0.05, 0) is 37.7 Å². The van der Waals surface area contributed by atoms with Gasteiger partial charge in [0.15, 0.2) is 0 Å². The number of hydrogen-bond acceptors (Lipinski definition) is 3. The monoisotopic (exact) mass is 306 g/mol. The first-order valence-corrected chi connectivity index (χ1v) is 8.36. The van der Waals surface area contributed by atoms with Gasteiger partial charge in [0.05, 0.1) is 6.10 Å². The lowest BCUT2D eigenvalue weighted by molar-refractivity contribution is 0.0549. The van der Waals surface area contributed by atoms with Gasteiger partial charge in [-0.25, -0.2) is 4.79 Å². The Balaban J connectivity index is 1.40. The Labute approximate surface area is 131 Å². The number of nitrogens with one attached hydrogen (secondary N) is 2. The first-order valence-electron chi connectivity index (χ1n) is 8.36. The molecule has 2 fully saturated rings. The third-order valence-electron chi connectivity index (χ3n) is 4.77. The molecule has 0 radical (unpaired) electrons. The SMILES string of the molecule is C[C@H](CNC(=O)N[C@@H]1CCC[C@H]2OCC[C@@H]12)Cn1cccn1. The average Bonchev–Trinajstić information content (AvgIpc) is 3.16. The first-order chi connectivity index (χ1) is 10.7. The highest BCUT2D eigenvalue weighted by Crippen LogP contribution is 2.34. The van der Waals surface area contributed by atoms with E-state index in [9.17, 15) is 4.79 Å². The zero-order valence-corrected chi connectivity index (χ0v) is 13.2. The predicted octanol–water partition coefficient (Wildman–Crippen LogP) is 1.78. The summed E-state index contributed by atoms with van der Waals surface area (Å²) in [6, 6.07) is 2.13. The van der Waals surface area contributed by atoms with E-state index in [0.717, 1.165) is 38.8 Å². The molecule has 2 aliphatic rings. The maximum Gasteiger partial charge on any atom is 0.315 e. The van der Waals surface area contributed by atoms with Crippen molar-refractivity contribution < 1.29 is 9.53 Å². The van der Waals surface area contributed by atoms with Gasteiger partial charge in [0.1, 0.15) is 0 Å². The van der Waals surface area contributed by atoms with Crippen molar-refractivity contribution in [3.8, 4) is 0 Å². The molecule has 0 unspecified atom stereocenters. The standard InChI is InChI=1S/C16H26N4O2/c1-12(11-20-8-3-7-18-20)10-17-16(21)19-14-4-2-5-15-13(14)6-9-22-15/h3,7-8,12-15H,2,4-6,9-11H2,1H3,(H2,17,19,21)/t12-,13+,14-,15-/m1/s1. The van der Waals surface area contributed by atoms with Crippen LogP contribution < -0.4 is 10.6 Å². The molecule has 22 heavy (non-hydrogen) atoms. The lowest BCUT2D eigenvalue weighted by Crippen LogP contribution is -2.49. The number of carbonyl (C=O) groups is 1. The number of hydrogen-bond donors (Lipinski definition) is 2. The summed E-state index contributed by atoms with van der Waals surface area (Å²) in [6.45, 7) is 4.43. The number of nitrogens with zero attached hydrogens (tertiary/aromatic N) is 2. The molecule has 122 valence electrons. The highest BCUT2D eigenvalue weighted by molar-refractivity contribution is 5.74.